The van der Waals surface area contributed by atoms with E-state index in [9.17, 15) is 9.50 Å². The summed E-state index contributed by atoms with van der Waals surface area (Å²) in [5.74, 6) is -0.351. The van der Waals surface area contributed by atoms with E-state index in [1.54, 1.807) is 11.7 Å². The van der Waals surface area contributed by atoms with E-state index in [2.05, 4.69) is 4.98 Å². The van der Waals surface area contributed by atoms with Crippen LogP contribution in [-0.4, -0.2) is 10.1 Å². The molecule has 2 nitrogen and oxygen atoms in total. The van der Waals surface area contributed by atoms with Crippen molar-refractivity contribution in [1.82, 2.24) is 4.98 Å². The third-order valence-corrected chi connectivity index (χ3v) is 3.45. The Balaban J connectivity index is 2.17. The lowest BCUT2D eigenvalue weighted by Crippen LogP contribution is -2.00. The molecule has 16 heavy (non-hydrogen) atoms. The summed E-state index contributed by atoms with van der Waals surface area (Å²) in [6, 6.07) is 4.13. The van der Waals surface area contributed by atoms with Crippen molar-refractivity contribution in [3.05, 3.63) is 51.2 Å². The smallest absolute Gasteiger partial charge is 0.123 e. The largest absolute Gasteiger partial charge is 0.387 e. The molecule has 1 heterocycles. The summed E-state index contributed by atoms with van der Waals surface area (Å²) in [6.07, 6.45) is 1.20. The first-order valence-corrected chi connectivity index (χ1v) is 5.93. The Bertz CT molecular complexity index is 475. The van der Waals surface area contributed by atoms with Crippen LogP contribution < -0.4 is 0 Å². The van der Waals surface area contributed by atoms with Gasteiger partial charge in [0.2, 0.25) is 0 Å². The number of halogens is 2. The maximum atomic E-state index is 13.0. The summed E-state index contributed by atoms with van der Waals surface area (Å²) >= 11 is 7.27. The molecule has 0 saturated carbocycles. The SMILES string of the molecule is OC(Cc1cc(F)ccc1Cl)c1cncs1. The first kappa shape index (κ1) is 11.5. The van der Waals surface area contributed by atoms with E-state index in [0.29, 0.717) is 17.0 Å². The molecule has 0 amide bonds. The summed E-state index contributed by atoms with van der Waals surface area (Å²) in [4.78, 5) is 4.63. The predicted molar refractivity (Wildman–Crippen MR) is 62.2 cm³/mol. The Kier molecular flexibility index (Phi) is 3.53. The number of nitrogens with zero attached hydrogens (tertiary/aromatic N) is 1. The second kappa shape index (κ2) is 4.91. The Morgan fingerprint density at radius 2 is 2.31 bits per heavy atom. The fourth-order valence-electron chi connectivity index (χ4n) is 1.40. The fraction of sp³-hybridized carbons (Fsp3) is 0.182. The van der Waals surface area contributed by atoms with Gasteiger partial charge < -0.3 is 5.11 Å². The van der Waals surface area contributed by atoms with Crippen LogP contribution in [0.4, 0.5) is 4.39 Å². The lowest BCUT2D eigenvalue weighted by atomic mass is 10.1. The van der Waals surface area contributed by atoms with Gasteiger partial charge in [0.15, 0.2) is 0 Å². The van der Waals surface area contributed by atoms with Crippen molar-refractivity contribution in [3.8, 4) is 0 Å². The van der Waals surface area contributed by atoms with Crippen LogP contribution in [0.3, 0.4) is 0 Å². The number of hydrogen-bond acceptors (Lipinski definition) is 3. The Hall–Kier alpha value is -0.970. The molecule has 1 aromatic heterocycles. The maximum absolute atomic E-state index is 13.0. The molecule has 1 aromatic carbocycles. The molecule has 2 rings (SSSR count). The molecule has 0 fully saturated rings. The Labute approximate surface area is 101 Å². The molecule has 1 atom stereocenters. The van der Waals surface area contributed by atoms with Crippen LogP contribution in [-0.2, 0) is 6.42 Å². The molecule has 0 aliphatic rings. The Morgan fingerprint density at radius 1 is 1.50 bits per heavy atom. The average Bonchev–Trinajstić information content (AvgIpc) is 2.76. The van der Waals surface area contributed by atoms with Crippen LogP contribution in [0.5, 0.6) is 0 Å². The van der Waals surface area contributed by atoms with Gasteiger partial charge in [0.1, 0.15) is 5.82 Å². The van der Waals surface area contributed by atoms with Crippen LogP contribution in [0.2, 0.25) is 5.02 Å². The number of thiazole rings is 1. The van der Waals surface area contributed by atoms with E-state index in [4.69, 9.17) is 11.6 Å². The third-order valence-electron chi connectivity index (χ3n) is 2.20. The van der Waals surface area contributed by atoms with Crippen molar-refractivity contribution >= 4 is 22.9 Å². The van der Waals surface area contributed by atoms with Gasteiger partial charge in [0.25, 0.3) is 0 Å². The highest BCUT2D eigenvalue weighted by Crippen LogP contribution is 2.25. The quantitative estimate of drug-likeness (QED) is 0.916. The van der Waals surface area contributed by atoms with Gasteiger partial charge in [-0.15, -0.1) is 11.3 Å². The summed E-state index contributed by atoms with van der Waals surface area (Å²) in [5, 5.41) is 10.3. The summed E-state index contributed by atoms with van der Waals surface area (Å²) < 4.78 is 13.0. The number of benzene rings is 1. The van der Waals surface area contributed by atoms with Crippen molar-refractivity contribution in [2.45, 2.75) is 12.5 Å². The van der Waals surface area contributed by atoms with Crippen LogP contribution in [0.15, 0.2) is 29.9 Å². The second-order valence-electron chi connectivity index (χ2n) is 3.36. The van der Waals surface area contributed by atoms with Crippen molar-refractivity contribution in [2.24, 2.45) is 0 Å². The zero-order valence-electron chi connectivity index (χ0n) is 8.23. The minimum absolute atomic E-state index is 0.290. The van der Waals surface area contributed by atoms with E-state index < -0.39 is 6.10 Å². The molecule has 0 saturated heterocycles. The zero-order chi connectivity index (χ0) is 11.5. The molecule has 0 spiro atoms. The van der Waals surface area contributed by atoms with E-state index >= 15 is 0 Å². The molecular formula is C11H9ClFNOS. The Morgan fingerprint density at radius 3 is 3.00 bits per heavy atom. The first-order valence-electron chi connectivity index (χ1n) is 4.67. The van der Waals surface area contributed by atoms with Crippen molar-refractivity contribution in [3.63, 3.8) is 0 Å². The van der Waals surface area contributed by atoms with Gasteiger partial charge in [-0.25, -0.2) is 4.39 Å². The molecule has 1 N–H and O–H groups in total. The first-order chi connectivity index (χ1) is 7.66. The maximum Gasteiger partial charge on any atom is 0.123 e. The minimum atomic E-state index is -0.688. The van der Waals surface area contributed by atoms with Gasteiger partial charge >= 0.3 is 0 Å². The summed E-state index contributed by atoms with van der Waals surface area (Å²) in [7, 11) is 0. The average molecular weight is 258 g/mol. The lowest BCUT2D eigenvalue weighted by Gasteiger charge is -2.09. The van der Waals surface area contributed by atoms with E-state index in [0.717, 1.165) is 4.88 Å². The molecular weight excluding hydrogens is 249 g/mol. The van der Waals surface area contributed by atoms with Crippen LogP contribution in [0, 0.1) is 5.82 Å². The standard InChI is InChI=1S/C11H9ClFNOS/c12-9-2-1-8(13)3-7(9)4-10(15)11-5-14-6-16-11/h1-3,5-6,10,15H,4H2. The molecule has 1 unspecified atom stereocenters. The normalized spacial score (nSPS) is 12.7. The van der Waals surface area contributed by atoms with Gasteiger partial charge in [-0.3, -0.25) is 4.98 Å². The molecule has 84 valence electrons. The highest BCUT2D eigenvalue weighted by molar-refractivity contribution is 7.09. The number of aliphatic hydroxyl groups excluding tert-OH is 1. The van der Waals surface area contributed by atoms with Gasteiger partial charge in [0, 0.05) is 17.6 Å². The van der Waals surface area contributed by atoms with Gasteiger partial charge in [-0.1, -0.05) is 11.6 Å². The summed E-state index contributed by atoms with van der Waals surface area (Å²) in [5.41, 5.74) is 2.24. The van der Waals surface area contributed by atoms with Crippen LogP contribution in [0.1, 0.15) is 16.5 Å². The van der Waals surface area contributed by atoms with Gasteiger partial charge in [-0.05, 0) is 23.8 Å². The highest BCUT2D eigenvalue weighted by Gasteiger charge is 2.12. The lowest BCUT2D eigenvalue weighted by molar-refractivity contribution is 0.182. The molecule has 0 radical (unpaired) electrons. The fourth-order valence-corrected chi connectivity index (χ4v) is 2.20. The van der Waals surface area contributed by atoms with Crippen molar-refractivity contribution < 1.29 is 9.50 Å². The van der Waals surface area contributed by atoms with Gasteiger partial charge in [-0.2, -0.15) is 0 Å². The highest BCUT2D eigenvalue weighted by atomic mass is 35.5. The van der Waals surface area contributed by atoms with E-state index in [-0.39, 0.29) is 5.82 Å². The molecule has 0 aliphatic carbocycles. The number of aromatic nitrogens is 1. The van der Waals surface area contributed by atoms with Gasteiger partial charge in [0.05, 0.1) is 16.5 Å². The second-order valence-corrected chi connectivity index (χ2v) is 4.68. The van der Waals surface area contributed by atoms with Crippen molar-refractivity contribution in [2.75, 3.05) is 0 Å². The van der Waals surface area contributed by atoms with Crippen molar-refractivity contribution in [1.29, 1.82) is 0 Å². The van der Waals surface area contributed by atoms with Crippen LogP contribution >= 0.6 is 22.9 Å². The zero-order valence-corrected chi connectivity index (χ0v) is 9.80. The molecule has 0 aliphatic heterocycles. The summed E-state index contributed by atoms with van der Waals surface area (Å²) in [6.45, 7) is 0. The molecule has 5 heteroatoms. The van der Waals surface area contributed by atoms with E-state index in [1.807, 2.05) is 0 Å². The minimum Gasteiger partial charge on any atom is -0.387 e. The topological polar surface area (TPSA) is 33.1 Å². The monoisotopic (exact) mass is 257 g/mol. The molecule has 2 aromatic rings. The number of hydrogen-bond donors (Lipinski definition) is 1. The third kappa shape index (κ3) is 2.58. The molecule has 0 bridgehead atoms. The number of rotatable bonds is 3. The number of aliphatic hydroxyl groups is 1. The predicted octanol–water partition coefficient (Wildman–Crippen LogP) is 3.21. The van der Waals surface area contributed by atoms with E-state index in [1.165, 1.54) is 29.5 Å². The van der Waals surface area contributed by atoms with Crippen LogP contribution in [0.25, 0.3) is 0 Å².